The van der Waals surface area contributed by atoms with Crippen molar-refractivity contribution >= 4 is 6.03 Å². The number of hydrogen-bond donors (Lipinski definition) is 3. The van der Waals surface area contributed by atoms with Crippen LogP contribution in [0.25, 0.3) is 0 Å². The number of aliphatic hydroxyl groups is 1. The van der Waals surface area contributed by atoms with Gasteiger partial charge < -0.3 is 20.3 Å². The zero-order valence-electron chi connectivity index (χ0n) is 12.7. The molecule has 0 saturated heterocycles. The molecular formula is C15H27N3O2. The molecule has 5 nitrogen and oxygen atoms in total. The van der Waals surface area contributed by atoms with Crippen molar-refractivity contribution in [3.05, 3.63) is 24.5 Å². The van der Waals surface area contributed by atoms with Gasteiger partial charge in [0, 0.05) is 32.0 Å². The van der Waals surface area contributed by atoms with Crippen molar-refractivity contribution in [2.45, 2.75) is 45.8 Å². The summed E-state index contributed by atoms with van der Waals surface area (Å²) in [7, 11) is 0. The lowest BCUT2D eigenvalue weighted by molar-refractivity contribution is 0.0477. The molecule has 1 aromatic rings. The highest BCUT2D eigenvalue weighted by molar-refractivity contribution is 5.73. The topological polar surface area (TPSA) is 66.3 Å². The lowest BCUT2D eigenvalue weighted by Gasteiger charge is -2.24. The predicted octanol–water partition coefficient (Wildman–Crippen LogP) is 1.97. The molecule has 0 spiro atoms. The molecule has 0 bridgehead atoms. The van der Waals surface area contributed by atoms with Gasteiger partial charge in [0.05, 0.1) is 5.60 Å². The van der Waals surface area contributed by atoms with Crippen LogP contribution in [-0.4, -0.2) is 34.4 Å². The third-order valence-electron chi connectivity index (χ3n) is 3.21. The van der Waals surface area contributed by atoms with Crippen LogP contribution in [0.5, 0.6) is 0 Å². The number of carbonyl (C=O) groups is 1. The van der Waals surface area contributed by atoms with Gasteiger partial charge in [-0.15, -0.1) is 0 Å². The Balaban J connectivity index is 2.15. The molecule has 0 fully saturated rings. The standard InChI is InChI=1S/C15H27N3O2/c1-13(2)6-7-15(3,20)12-17-14(19)16-8-11-18-9-4-5-10-18/h4-5,9-10,13,20H,6-8,11-12H2,1-3H3,(H2,16,17,19). The molecule has 1 atom stereocenters. The van der Waals surface area contributed by atoms with Crippen LogP contribution < -0.4 is 10.6 Å². The number of amides is 2. The summed E-state index contributed by atoms with van der Waals surface area (Å²) in [4.78, 5) is 11.6. The Bertz CT molecular complexity index is 386. The molecule has 114 valence electrons. The minimum absolute atomic E-state index is 0.234. The average Bonchev–Trinajstić information content (AvgIpc) is 2.87. The van der Waals surface area contributed by atoms with Crippen molar-refractivity contribution in [3.63, 3.8) is 0 Å². The van der Waals surface area contributed by atoms with E-state index in [1.54, 1.807) is 6.92 Å². The van der Waals surface area contributed by atoms with E-state index in [0.717, 1.165) is 13.0 Å². The quantitative estimate of drug-likeness (QED) is 0.682. The first-order valence-electron chi connectivity index (χ1n) is 7.24. The van der Waals surface area contributed by atoms with Crippen LogP contribution in [0.4, 0.5) is 4.79 Å². The fourth-order valence-corrected chi connectivity index (χ4v) is 1.84. The van der Waals surface area contributed by atoms with E-state index in [1.807, 2.05) is 29.1 Å². The van der Waals surface area contributed by atoms with E-state index in [0.29, 0.717) is 18.9 Å². The van der Waals surface area contributed by atoms with Crippen LogP contribution in [0, 0.1) is 5.92 Å². The maximum Gasteiger partial charge on any atom is 0.314 e. The van der Waals surface area contributed by atoms with Crippen LogP contribution in [0.15, 0.2) is 24.5 Å². The third kappa shape index (κ3) is 7.19. The van der Waals surface area contributed by atoms with Crippen LogP contribution in [0.3, 0.4) is 0 Å². The minimum Gasteiger partial charge on any atom is -0.388 e. The van der Waals surface area contributed by atoms with Gasteiger partial charge in [-0.3, -0.25) is 0 Å². The molecule has 1 aromatic heterocycles. The number of nitrogens with one attached hydrogen (secondary N) is 2. The first kappa shape index (κ1) is 16.6. The lowest BCUT2D eigenvalue weighted by Crippen LogP contribution is -2.45. The number of hydrogen-bond acceptors (Lipinski definition) is 2. The summed E-state index contributed by atoms with van der Waals surface area (Å²) < 4.78 is 2.00. The monoisotopic (exact) mass is 281 g/mol. The van der Waals surface area contributed by atoms with Crippen LogP contribution in [0.2, 0.25) is 0 Å². The molecular weight excluding hydrogens is 254 g/mol. The number of nitrogens with zero attached hydrogens (tertiary/aromatic N) is 1. The summed E-state index contributed by atoms with van der Waals surface area (Å²) in [5.41, 5.74) is -0.845. The van der Waals surface area contributed by atoms with Gasteiger partial charge in [0.2, 0.25) is 0 Å². The van der Waals surface area contributed by atoms with Gasteiger partial charge in [0.25, 0.3) is 0 Å². The van der Waals surface area contributed by atoms with E-state index in [4.69, 9.17) is 0 Å². The van der Waals surface area contributed by atoms with Gasteiger partial charge in [-0.05, 0) is 37.8 Å². The highest BCUT2D eigenvalue weighted by Gasteiger charge is 2.21. The molecule has 2 amide bonds. The highest BCUT2D eigenvalue weighted by Crippen LogP contribution is 2.15. The summed E-state index contributed by atoms with van der Waals surface area (Å²) in [5.74, 6) is 0.553. The van der Waals surface area contributed by atoms with Crippen LogP contribution >= 0.6 is 0 Å². The molecule has 1 unspecified atom stereocenters. The van der Waals surface area contributed by atoms with E-state index in [2.05, 4.69) is 24.5 Å². The van der Waals surface area contributed by atoms with E-state index in [9.17, 15) is 9.90 Å². The van der Waals surface area contributed by atoms with Crippen molar-refractivity contribution in [1.29, 1.82) is 0 Å². The molecule has 0 saturated carbocycles. The molecule has 3 N–H and O–H groups in total. The predicted molar refractivity (Wildman–Crippen MR) is 80.5 cm³/mol. The Kier molecular flexibility index (Phi) is 6.58. The number of rotatable bonds is 8. The first-order valence-corrected chi connectivity index (χ1v) is 7.24. The Morgan fingerprint density at radius 3 is 2.55 bits per heavy atom. The Morgan fingerprint density at radius 1 is 1.30 bits per heavy atom. The molecule has 20 heavy (non-hydrogen) atoms. The summed E-state index contributed by atoms with van der Waals surface area (Å²) in [5, 5.41) is 15.6. The molecule has 0 aromatic carbocycles. The van der Waals surface area contributed by atoms with Gasteiger partial charge >= 0.3 is 6.03 Å². The van der Waals surface area contributed by atoms with E-state index in [1.165, 1.54) is 0 Å². The largest absolute Gasteiger partial charge is 0.388 e. The summed E-state index contributed by atoms with van der Waals surface area (Å²) in [6.07, 6.45) is 5.55. The molecule has 5 heteroatoms. The van der Waals surface area contributed by atoms with Crippen molar-refractivity contribution in [1.82, 2.24) is 15.2 Å². The SMILES string of the molecule is CC(C)CCC(C)(O)CNC(=O)NCCn1cccc1. The summed E-state index contributed by atoms with van der Waals surface area (Å²) >= 11 is 0. The van der Waals surface area contributed by atoms with Gasteiger partial charge in [-0.25, -0.2) is 4.79 Å². The van der Waals surface area contributed by atoms with Crippen molar-refractivity contribution in [2.75, 3.05) is 13.1 Å². The zero-order valence-corrected chi connectivity index (χ0v) is 12.7. The smallest absolute Gasteiger partial charge is 0.314 e. The third-order valence-corrected chi connectivity index (χ3v) is 3.21. The van der Waals surface area contributed by atoms with Crippen LogP contribution in [0.1, 0.15) is 33.6 Å². The average molecular weight is 281 g/mol. The number of carbonyl (C=O) groups excluding carboxylic acids is 1. The molecule has 0 radical (unpaired) electrons. The summed E-state index contributed by atoms with van der Waals surface area (Å²) in [6, 6.07) is 3.67. The maximum atomic E-state index is 11.6. The van der Waals surface area contributed by atoms with Gasteiger partial charge in [0.15, 0.2) is 0 Å². The van der Waals surface area contributed by atoms with E-state index < -0.39 is 5.60 Å². The zero-order chi connectivity index (χ0) is 15.0. The number of aromatic nitrogens is 1. The van der Waals surface area contributed by atoms with Crippen molar-refractivity contribution in [3.8, 4) is 0 Å². The van der Waals surface area contributed by atoms with E-state index in [-0.39, 0.29) is 12.6 Å². The second-order valence-corrected chi connectivity index (χ2v) is 5.96. The second kappa shape index (κ2) is 7.94. The van der Waals surface area contributed by atoms with Gasteiger partial charge in [0.1, 0.15) is 0 Å². The minimum atomic E-state index is -0.845. The lowest BCUT2D eigenvalue weighted by atomic mass is 9.95. The maximum absolute atomic E-state index is 11.6. The molecule has 0 aliphatic carbocycles. The second-order valence-electron chi connectivity index (χ2n) is 5.96. The van der Waals surface area contributed by atoms with Gasteiger partial charge in [-0.1, -0.05) is 13.8 Å². The highest BCUT2D eigenvalue weighted by atomic mass is 16.3. The van der Waals surface area contributed by atoms with Gasteiger partial charge in [-0.2, -0.15) is 0 Å². The van der Waals surface area contributed by atoms with Crippen LogP contribution in [-0.2, 0) is 6.54 Å². The Hall–Kier alpha value is -1.49. The fraction of sp³-hybridized carbons (Fsp3) is 0.667. The van der Waals surface area contributed by atoms with E-state index >= 15 is 0 Å². The Labute approximate surface area is 121 Å². The normalized spacial score (nSPS) is 14.1. The fourth-order valence-electron chi connectivity index (χ4n) is 1.84. The molecule has 1 rings (SSSR count). The summed E-state index contributed by atoms with van der Waals surface area (Å²) in [6.45, 7) is 7.58. The number of urea groups is 1. The first-order chi connectivity index (χ1) is 9.39. The van der Waals surface area contributed by atoms with Crippen molar-refractivity contribution < 1.29 is 9.90 Å². The molecule has 1 heterocycles. The molecule has 0 aliphatic rings. The molecule has 0 aliphatic heterocycles. The Morgan fingerprint density at radius 2 is 1.95 bits per heavy atom. The van der Waals surface area contributed by atoms with Crippen molar-refractivity contribution in [2.24, 2.45) is 5.92 Å².